The lowest BCUT2D eigenvalue weighted by atomic mass is 10.1. The second kappa shape index (κ2) is 12.4. The number of unbranched alkanes of at least 4 members (excludes halogenated alkanes) is 1. The third-order valence-electron chi connectivity index (χ3n) is 5.48. The average molecular weight is 496 g/mol. The zero-order valence-electron chi connectivity index (χ0n) is 21.0. The number of anilines is 1. The summed E-state index contributed by atoms with van der Waals surface area (Å²) in [6.07, 6.45) is 5.76. The first-order valence-corrected chi connectivity index (χ1v) is 12.5. The number of carbonyl (C=O) groups excluding carboxylic acids is 2. The van der Waals surface area contributed by atoms with Crippen molar-refractivity contribution < 1.29 is 14.3 Å². The van der Waals surface area contributed by atoms with Gasteiger partial charge in [-0.25, -0.2) is 4.98 Å². The van der Waals surface area contributed by atoms with E-state index in [9.17, 15) is 9.59 Å². The van der Waals surface area contributed by atoms with E-state index in [1.807, 2.05) is 42.6 Å². The normalized spacial score (nSPS) is 10.9. The molecule has 3 aromatic rings. The van der Waals surface area contributed by atoms with Gasteiger partial charge < -0.3 is 19.9 Å². The Hall–Kier alpha value is -3.30. The Labute approximate surface area is 211 Å². The van der Waals surface area contributed by atoms with E-state index < -0.39 is 0 Å². The molecule has 0 fully saturated rings. The first-order valence-electron chi connectivity index (χ1n) is 11.6. The van der Waals surface area contributed by atoms with Crippen molar-refractivity contribution in [1.82, 2.24) is 19.8 Å². The molecule has 2 amide bonds. The number of nitrogens with one attached hydrogen (secondary N) is 1. The van der Waals surface area contributed by atoms with Gasteiger partial charge >= 0.3 is 0 Å². The van der Waals surface area contributed by atoms with Crippen LogP contribution in [0.1, 0.15) is 36.5 Å². The zero-order valence-corrected chi connectivity index (χ0v) is 21.8. The van der Waals surface area contributed by atoms with Crippen LogP contribution < -0.4 is 10.1 Å². The summed E-state index contributed by atoms with van der Waals surface area (Å²) in [7, 11) is 7.29. The highest BCUT2D eigenvalue weighted by Gasteiger charge is 2.18. The molecule has 0 bridgehead atoms. The standard InChI is InChI=1S/C26H33N5O3S/c1-6-7-8-25(32)28-19-14-24(35-17-19)22-16-27-15-21(29-22)18-9-10-20(23(13-18)34-5)26(33)31(4)12-11-30(2)3/h9-10,13-17H,6-8,11-12H2,1-5H3,(H,28,32). The Morgan fingerprint density at radius 1 is 1.09 bits per heavy atom. The molecule has 0 spiro atoms. The summed E-state index contributed by atoms with van der Waals surface area (Å²) in [5.41, 5.74) is 3.45. The largest absolute Gasteiger partial charge is 0.496 e. The molecule has 9 heteroatoms. The van der Waals surface area contributed by atoms with Crippen LogP contribution in [0.2, 0.25) is 0 Å². The van der Waals surface area contributed by atoms with Gasteiger partial charge in [-0.3, -0.25) is 14.6 Å². The number of nitrogens with zero attached hydrogens (tertiary/aromatic N) is 4. The van der Waals surface area contributed by atoms with Gasteiger partial charge in [0.1, 0.15) is 5.75 Å². The van der Waals surface area contributed by atoms with Gasteiger partial charge in [-0.1, -0.05) is 19.4 Å². The molecule has 1 aromatic carbocycles. The molecule has 186 valence electrons. The predicted molar refractivity (Wildman–Crippen MR) is 141 cm³/mol. The first kappa shape index (κ1) is 26.3. The maximum atomic E-state index is 12.9. The molecule has 0 aliphatic rings. The van der Waals surface area contributed by atoms with Crippen molar-refractivity contribution in [3.8, 4) is 27.6 Å². The molecule has 1 N–H and O–H groups in total. The maximum Gasteiger partial charge on any atom is 0.257 e. The average Bonchev–Trinajstić information content (AvgIpc) is 3.33. The molecule has 0 aliphatic carbocycles. The van der Waals surface area contributed by atoms with Crippen molar-refractivity contribution >= 4 is 28.8 Å². The minimum absolute atomic E-state index is 0.0186. The minimum atomic E-state index is -0.0952. The van der Waals surface area contributed by atoms with Crippen molar-refractivity contribution in [2.45, 2.75) is 26.2 Å². The zero-order chi connectivity index (χ0) is 25.4. The number of benzene rings is 1. The third kappa shape index (κ3) is 7.10. The van der Waals surface area contributed by atoms with E-state index in [-0.39, 0.29) is 11.8 Å². The maximum absolute atomic E-state index is 12.9. The number of hydrogen-bond acceptors (Lipinski definition) is 7. The first-order chi connectivity index (χ1) is 16.8. The SMILES string of the molecule is CCCCC(=O)Nc1csc(-c2cncc(-c3ccc(C(=O)N(C)CCN(C)C)c(OC)c3)n2)c1. The molecule has 2 heterocycles. The molecule has 0 saturated heterocycles. The van der Waals surface area contributed by atoms with E-state index >= 15 is 0 Å². The van der Waals surface area contributed by atoms with Crippen LogP contribution in [0, 0.1) is 0 Å². The number of ether oxygens (including phenoxy) is 1. The fourth-order valence-corrected chi connectivity index (χ4v) is 4.20. The number of hydrogen-bond donors (Lipinski definition) is 1. The fourth-order valence-electron chi connectivity index (χ4n) is 3.41. The Morgan fingerprint density at radius 2 is 1.86 bits per heavy atom. The molecular formula is C26H33N5O3S. The number of rotatable bonds is 11. The van der Waals surface area contributed by atoms with Crippen LogP contribution in [0.5, 0.6) is 5.75 Å². The van der Waals surface area contributed by atoms with Crippen molar-refractivity contribution in [2.75, 3.05) is 46.7 Å². The highest BCUT2D eigenvalue weighted by molar-refractivity contribution is 7.14. The van der Waals surface area contributed by atoms with E-state index in [4.69, 9.17) is 9.72 Å². The van der Waals surface area contributed by atoms with E-state index in [1.165, 1.54) is 11.3 Å². The molecule has 0 saturated carbocycles. The second-order valence-corrected chi connectivity index (χ2v) is 9.50. The molecule has 2 aromatic heterocycles. The lowest BCUT2D eigenvalue weighted by Gasteiger charge is -2.21. The lowest BCUT2D eigenvalue weighted by Crippen LogP contribution is -2.33. The summed E-state index contributed by atoms with van der Waals surface area (Å²) in [5.74, 6) is 0.414. The van der Waals surface area contributed by atoms with E-state index in [0.717, 1.165) is 35.5 Å². The minimum Gasteiger partial charge on any atom is -0.496 e. The van der Waals surface area contributed by atoms with Gasteiger partial charge in [0.15, 0.2) is 0 Å². The Morgan fingerprint density at radius 3 is 2.57 bits per heavy atom. The van der Waals surface area contributed by atoms with Crippen molar-refractivity contribution in [3.05, 3.63) is 47.6 Å². The van der Waals surface area contributed by atoms with Gasteiger partial charge in [-0.2, -0.15) is 0 Å². The summed E-state index contributed by atoms with van der Waals surface area (Å²) in [6.45, 7) is 3.46. The van der Waals surface area contributed by atoms with Crippen molar-refractivity contribution in [3.63, 3.8) is 0 Å². The monoisotopic (exact) mass is 495 g/mol. The van der Waals surface area contributed by atoms with Gasteiger partial charge in [0, 0.05) is 37.5 Å². The number of aromatic nitrogens is 2. The molecule has 0 aliphatic heterocycles. The van der Waals surface area contributed by atoms with Crippen LogP contribution in [0.4, 0.5) is 5.69 Å². The quantitative estimate of drug-likeness (QED) is 0.417. The highest BCUT2D eigenvalue weighted by Crippen LogP contribution is 2.31. The predicted octanol–water partition coefficient (Wildman–Crippen LogP) is 4.64. The lowest BCUT2D eigenvalue weighted by molar-refractivity contribution is -0.116. The van der Waals surface area contributed by atoms with Crippen molar-refractivity contribution in [1.29, 1.82) is 0 Å². The van der Waals surface area contributed by atoms with Crippen LogP contribution in [0.3, 0.4) is 0 Å². The Kier molecular flexibility index (Phi) is 9.33. The summed E-state index contributed by atoms with van der Waals surface area (Å²) in [6, 6.07) is 7.35. The molecule has 8 nitrogen and oxygen atoms in total. The number of likely N-dealkylation sites (N-methyl/N-ethyl adjacent to an activating group) is 2. The smallest absolute Gasteiger partial charge is 0.257 e. The van der Waals surface area contributed by atoms with Crippen LogP contribution in [0.25, 0.3) is 21.8 Å². The molecular weight excluding hydrogens is 462 g/mol. The summed E-state index contributed by atoms with van der Waals surface area (Å²) >= 11 is 1.50. The fraction of sp³-hybridized carbons (Fsp3) is 0.385. The van der Waals surface area contributed by atoms with Crippen LogP contribution in [-0.4, -0.2) is 72.9 Å². The molecule has 0 radical (unpaired) electrons. The van der Waals surface area contributed by atoms with Gasteiger partial charge in [-0.05, 0) is 38.7 Å². The second-order valence-electron chi connectivity index (χ2n) is 8.59. The van der Waals surface area contributed by atoms with E-state index in [1.54, 1.807) is 37.5 Å². The Bertz CT molecular complexity index is 1160. The molecule has 3 rings (SSSR count). The van der Waals surface area contributed by atoms with E-state index in [0.29, 0.717) is 35.7 Å². The highest BCUT2D eigenvalue weighted by atomic mass is 32.1. The number of amides is 2. The van der Waals surface area contributed by atoms with Gasteiger partial charge in [0.2, 0.25) is 5.91 Å². The third-order valence-corrected chi connectivity index (χ3v) is 6.44. The number of methoxy groups -OCH3 is 1. The topological polar surface area (TPSA) is 87.7 Å². The van der Waals surface area contributed by atoms with Crippen molar-refractivity contribution in [2.24, 2.45) is 0 Å². The summed E-state index contributed by atoms with van der Waals surface area (Å²) in [4.78, 5) is 38.7. The van der Waals surface area contributed by atoms with Crippen LogP contribution >= 0.6 is 11.3 Å². The van der Waals surface area contributed by atoms with Crippen LogP contribution in [-0.2, 0) is 4.79 Å². The molecule has 0 unspecified atom stereocenters. The van der Waals surface area contributed by atoms with E-state index in [2.05, 4.69) is 17.2 Å². The number of carbonyl (C=O) groups is 2. The summed E-state index contributed by atoms with van der Waals surface area (Å²) < 4.78 is 5.54. The van der Waals surface area contributed by atoms with Gasteiger partial charge in [-0.15, -0.1) is 11.3 Å². The summed E-state index contributed by atoms with van der Waals surface area (Å²) in [5, 5.41) is 4.84. The van der Waals surface area contributed by atoms with Crippen LogP contribution in [0.15, 0.2) is 42.0 Å². The Balaban J connectivity index is 1.79. The van der Waals surface area contributed by atoms with Gasteiger partial charge in [0.25, 0.3) is 5.91 Å². The van der Waals surface area contributed by atoms with Gasteiger partial charge in [0.05, 0.1) is 47.0 Å². The number of thiophene rings is 1. The molecule has 35 heavy (non-hydrogen) atoms. The molecule has 0 atom stereocenters.